The molecule has 0 saturated heterocycles. The number of rotatable bonds is 4. The maximum Gasteiger partial charge on any atom is 0.189 e. The van der Waals surface area contributed by atoms with E-state index in [-0.39, 0.29) is 0 Å². The van der Waals surface area contributed by atoms with E-state index < -0.39 is 0 Å². The first-order chi connectivity index (χ1) is 11.8. The minimum atomic E-state index is 0.458. The number of nitrogens with zero attached hydrogens (tertiary/aromatic N) is 2. The van der Waals surface area contributed by atoms with Crippen LogP contribution in [0, 0.1) is 0 Å². The molecule has 2 aromatic heterocycles. The van der Waals surface area contributed by atoms with Crippen molar-refractivity contribution in [2.24, 2.45) is 0 Å². The van der Waals surface area contributed by atoms with Gasteiger partial charge in [-0.3, -0.25) is 0 Å². The molecule has 2 aromatic carbocycles. The number of fused-ring (bicyclic) bond motifs is 1. The lowest BCUT2D eigenvalue weighted by Crippen LogP contribution is -1.93. The molecular weight excluding hydrogens is 358 g/mol. The van der Waals surface area contributed by atoms with Crippen LogP contribution >= 0.6 is 34.7 Å². The fourth-order valence-electron chi connectivity index (χ4n) is 2.26. The molecular formula is C18H12ClN3S2. The number of pyridine rings is 1. The summed E-state index contributed by atoms with van der Waals surface area (Å²) in [6.45, 7) is 0. The van der Waals surface area contributed by atoms with Crippen molar-refractivity contribution in [3.63, 3.8) is 0 Å². The molecule has 0 fully saturated rings. The van der Waals surface area contributed by atoms with Gasteiger partial charge in [-0.25, -0.2) is 9.97 Å². The minimum absolute atomic E-state index is 0.458. The second-order valence-corrected chi connectivity index (χ2v) is 7.60. The Kier molecular flexibility index (Phi) is 4.38. The highest BCUT2D eigenvalue weighted by molar-refractivity contribution is 7.99. The zero-order valence-electron chi connectivity index (χ0n) is 12.4. The van der Waals surface area contributed by atoms with E-state index in [1.807, 2.05) is 48.5 Å². The van der Waals surface area contributed by atoms with Gasteiger partial charge in [-0.2, -0.15) is 0 Å². The van der Waals surface area contributed by atoms with Crippen molar-refractivity contribution in [1.82, 2.24) is 9.97 Å². The molecule has 118 valence electrons. The molecule has 3 nitrogen and oxygen atoms in total. The Hall–Kier alpha value is -2.08. The third-order valence-corrected chi connectivity index (χ3v) is 5.40. The summed E-state index contributed by atoms with van der Waals surface area (Å²) in [5, 5.41) is 4.52. The molecule has 0 atom stereocenters. The highest BCUT2D eigenvalue weighted by Gasteiger charge is 2.07. The first kappa shape index (κ1) is 15.4. The number of halogens is 1. The molecule has 6 heteroatoms. The van der Waals surface area contributed by atoms with Crippen LogP contribution in [0.25, 0.3) is 10.2 Å². The van der Waals surface area contributed by atoms with Gasteiger partial charge in [-0.15, -0.1) is 0 Å². The van der Waals surface area contributed by atoms with Crippen LogP contribution in [0.4, 0.5) is 10.9 Å². The van der Waals surface area contributed by atoms with Gasteiger partial charge in [-0.05, 0) is 36.4 Å². The molecule has 0 aliphatic heterocycles. The van der Waals surface area contributed by atoms with E-state index in [1.54, 1.807) is 23.1 Å². The Bertz CT molecular complexity index is 953. The molecule has 0 bridgehead atoms. The highest BCUT2D eigenvalue weighted by atomic mass is 35.5. The number of benzene rings is 2. The SMILES string of the molecule is Clc1cc(Sc2ccccc2)cc(Nc2nc3ccccc3s2)n1. The van der Waals surface area contributed by atoms with E-state index in [0.29, 0.717) is 11.0 Å². The second kappa shape index (κ2) is 6.81. The summed E-state index contributed by atoms with van der Waals surface area (Å²) in [7, 11) is 0. The van der Waals surface area contributed by atoms with Crippen molar-refractivity contribution in [3.8, 4) is 0 Å². The van der Waals surface area contributed by atoms with Gasteiger partial charge in [0.1, 0.15) is 11.0 Å². The van der Waals surface area contributed by atoms with Gasteiger partial charge >= 0.3 is 0 Å². The summed E-state index contributed by atoms with van der Waals surface area (Å²) < 4.78 is 1.14. The third-order valence-electron chi connectivity index (χ3n) is 3.28. The molecule has 24 heavy (non-hydrogen) atoms. The smallest absolute Gasteiger partial charge is 0.189 e. The summed E-state index contributed by atoms with van der Waals surface area (Å²) >= 11 is 9.43. The number of nitrogens with one attached hydrogen (secondary N) is 1. The van der Waals surface area contributed by atoms with Gasteiger partial charge in [0.05, 0.1) is 10.2 Å². The lowest BCUT2D eigenvalue weighted by atomic mass is 10.3. The number of para-hydroxylation sites is 1. The maximum atomic E-state index is 6.18. The molecule has 4 aromatic rings. The predicted octanol–water partition coefficient (Wildman–Crippen LogP) is 6.24. The number of thiazole rings is 1. The summed E-state index contributed by atoms with van der Waals surface area (Å²) in [6.07, 6.45) is 0. The van der Waals surface area contributed by atoms with Crippen LogP contribution in [0.15, 0.2) is 76.5 Å². The first-order valence-electron chi connectivity index (χ1n) is 7.29. The molecule has 2 heterocycles. The molecule has 0 spiro atoms. The molecule has 0 amide bonds. The van der Waals surface area contributed by atoms with E-state index in [1.165, 1.54) is 0 Å². The molecule has 4 rings (SSSR count). The topological polar surface area (TPSA) is 37.8 Å². The first-order valence-corrected chi connectivity index (χ1v) is 9.30. The monoisotopic (exact) mass is 369 g/mol. The van der Waals surface area contributed by atoms with Crippen molar-refractivity contribution in [1.29, 1.82) is 0 Å². The molecule has 0 aliphatic carbocycles. The van der Waals surface area contributed by atoms with E-state index in [9.17, 15) is 0 Å². The van der Waals surface area contributed by atoms with Crippen LogP contribution in [0.2, 0.25) is 5.15 Å². The van der Waals surface area contributed by atoms with E-state index in [4.69, 9.17) is 11.6 Å². The van der Waals surface area contributed by atoms with E-state index in [0.717, 1.165) is 25.1 Å². The van der Waals surface area contributed by atoms with Gasteiger partial charge in [0.25, 0.3) is 0 Å². The Labute approximate surface area is 152 Å². The number of anilines is 2. The number of hydrogen-bond donors (Lipinski definition) is 1. The fraction of sp³-hybridized carbons (Fsp3) is 0. The van der Waals surface area contributed by atoms with Crippen LogP contribution in [0.5, 0.6) is 0 Å². The normalized spacial score (nSPS) is 10.9. The quantitative estimate of drug-likeness (QED) is 0.432. The van der Waals surface area contributed by atoms with Crippen molar-refractivity contribution in [2.75, 3.05) is 5.32 Å². The average molecular weight is 370 g/mol. The Balaban J connectivity index is 1.61. The summed E-state index contributed by atoms with van der Waals surface area (Å²) in [4.78, 5) is 11.1. The Morgan fingerprint density at radius 1 is 0.875 bits per heavy atom. The van der Waals surface area contributed by atoms with Gasteiger partial charge in [-0.1, -0.05) is 65.0 Å². The lowest BCUT2D eigenvalue weighted by molar-refractivity contribution is 1.24. The van der Waals surface area contributed by atoms with Gasteiger partial charge in [0.15, 0.2) is 5.13 Å². The average Bonchev–Trinajstić information content (AvgIpc) is 2.97. The van der Waals surface area contributed by atoms with Crippen molar-refractivity contribution in [2.45, 2.75) is 9.79 Å². The molecule has 0 radical (unpaired) electrons. The van der Waals surface area contributed by atoms with Crippen LogP contribution < -0.4 is 5.32 Å². The van der Waals surface area contributed by atoms with Gasteiger partial charge < -0.3 is 5.32 Å². The predicted molar refractivity (Wildman–Crippen MR) is 103 cm³/mol. The number of hydrogen-bond acceptors (Lipinski definition) is 5. The lowest BCUT2D eigenvalue weighted by Gasteiger charge is -2.06. The summed E-state index contributed by atoms with van der Waals surface area (Å²) in [5.74, 6) is 0.694. The standard InChI is InChI=1S/C18H12ClN3S2/c19-16-10-13(23-12-6-2-1-3-7-12)11-17(21-16)22-18-20-14-8-4-5-9-15(14)24-18/h1-11H,(H,20,21,22). The maximum absolute atomic E-state index is 6.18. The van der Waals surface area contributed by atoms with Crippen molar-refractivity contribution >= 4 is 55.9 Å². The molecule has 0 unspecified atom stereocenters. The van der Waals surface area contributed by atoms with Crippen LogP contribution in [0.1, 0.15) is 0 Å². The van der Waals surface area contributed by atoms with Crippen molar-refractivity contribution in [3.05, 3.63) is 71.9 Å². The molecule has 1 N–H and O–H groups in total. The zero-order chi connectivity index (χ0) is 16.4. The van der Waals surface area contributed by atoms with Crippen LogP contribution in [-0.4, -0.2) is 9.97 Å². The summed E-state index contributed by atoms with van der Waals surface area (Å²) in [6, 6.07) is 22.1. The summed E-state index contributed by atoms with van der Waals surface area (Å²) in [5.41, 5.74) is 0.978. The third kappa shape index (κ3) is 3.53. The van der Waals surface area contributed by atoms with Crippen LogP contribution in [-0.2, 0) is 0 Å². The Morgan fingerprint density at radius 3 is 2.50 bits per heavy atom. The second-order valence-electron chi connectivity index (χ2n) is 5.04. The van der Waals surface area contributed by atoms with Crippen LogP contribution in [0.3, 0.4) is 0 Å². The molecule has 0 aliphatic rings. The van der Waals surface area contributed by atoms with Crippen molar-refractivity contribution < 1.29 is 0 Å². The largest absolute Gasteiger partial charge is 0.316 e. The highest BCUT2D eigenvalue weighted by Crippen LogP contribution is 2.32. The fourth-order valence-corrected chi connectivity index (χ4v) is 4.31. The number of aromatic nitrogens is 2. The zero-order valence-corrected chi connectivity index (χ0v) is 14.8. The molecule has 0 saturated carbocycles. The van der Waals surface area contributed by atoms with Gasteiger partial charge in [0.2, 0.25) is 0 Å². The minimum Gasteiger partial charge on any atom is -0.316 e. The van der Waals surface area contributed by atoms with Gasteiger partial charge in [0, 0.05) is 9.79 Å². The van der Waals surface area contributed by atoms with E-state index in [2.05, 4.69) is 33.5 Å². The Morgan fingerprint density at radius 2 is 1.67 bits per heavy atom. The van der Waals surface area contributed by atoms with E-state index >= 15 is 0 Å².